The van der Waals surface area contributed by atoms with Crippen LogP contribution in [0.4, 0.5) is 5.69 Å². The van der Waals surface area contributed by atoms with Gasteiger partial charge >= 0.3 is 5.97 Å². The van der Waals surface area contributed by atoms with Crippen molar-refractivity contribution in [2.45, 2.75) is 39.0 Å². The lowest BCUT2D eigenvalue weighted by atomic mass is 10.2. The molecule has 0 saturated heterocycles. The van der Waals surface area contributed by atoms with Crippen molar-refractivity contribution in [3.8, 4) is 5.75 Å². The number of carbonyl (C=O) groups excluding carboxylic acids is 1. The summed E-state index contributed by atoms with van der Waals surface area (Å²) >= 11 is 0. The fourth-order valence-electron chi connectivity index (χ4n) is 1.91. The van der Waals surface area contributed by atoms with Gasteiger partial charge in [0.1, 0.15) is 19.0 Å². The molecule has 1 aromatic rings. The van der Waals surface area contributed by atoms with Crippen LogP contribution < -0.4 is 10.5 Å². The minimum absolute atomic E-state index is 0.145. The van der Waals surface area contributed by atoms with Crippen LogP contribution in [0.25, 0.3) is 0 Å². The molecule has 0 spiro atoms. The van der Waals surface area contributed by atoms with Crippen LogP contribution in [0.15, 0.2) is 24.3 Å². The predicted octanol–water partition coefficient (Wildman–Crippen LogP) is 3.18. The van der Waals surface area contributed by atoms with Gasteiger partial charge in [-0.05, 0) is 18.6 Å². The molecular formula is C17H27NO4. The fourth-order valence-corrected chi connectivity index (χ4v) is 1.91. The Labute approximate surface area is 132 Å². The quantitative estimate of drug-likeness (QED) is 0.365. The van der Waals surface area contributed by atoms with Crippen molar-refractivity contribution in [3.63, 3.8) is 0 Å². The molecule has 0 aromatic heterocycles. The van der Waals surface area contributed by atoms with Crippen LogP contribution in [0.5, 0.6) is 5.75 Å². The van der Waals surface area contributed by atoms with E-state index in [1.807, 2.05) is 18.2 Å². The predicted molar refractivity (Wildman–Crippen MR) is 86.9 cm³/mol. The number of nitrogens with two attached hydrogens (primary N) is 1. The molecule has 5 nitrogen and oxygen atoms in total. The summed E-state index contributed by atoms with van der Waals surface area (Å²) in [5.41, 5.74) is 6.36. The first-order valence-corrected chi connectivity index (χ1v) is 7.94. The highest BCUT2D eigenvalue weighted by Gasteiger charge is 2.02. The number of para-hydroxylation sites is 2. The van der Waals surface area contributed by atoms with Crippen molar-refractivity contribution in [3.05, 3.63) is 24.3 Å². The van der Waals surface area contributed by atoms with Gasteiger partial charge in [-0.1, -0.05) is 38.3 Å². The summed E-state index contributed by atoms with van der Waals surface area (Å²) in [6, 6.07) is 7.33. The minimum atomic E-state index is -0.145. The summed E-state index contributed by atoms with van der Waals surface area (Å²) in [5, 5.41) is 0. The number of esters is 1. The molecule has 124 valence electrons. The van der Waals surface area contributed by atoms with Gasteiger partial charge in [0.15, 0.2) is 0 Å². The first-order chi connectivity index (χ1) is 10.7. The standard InChI is InChI=1S/C17H27NO4/c1-2-3-4-5-10-17(19)22-14-12-20-11-13-21-16-9-7-6-8-15(16)18/h6-9H,2-5,10-14,18H2,1H3. The van der Waals surface area contributed by atoms with E-state index in [1.165, 1.54) is 12.8 Å². The molecular weight excluding hydrogens is 282 g/mol. The van der Waals surface area contributed by atoms with Crippen LogP contribution >= 0.6 is 0 Å². The zero-order chi connectivity index (χ0) is 16.0. The molecule has 0 bridgehead atoms. The molecule has 0 atom stereocenters. The van der Waals surface area contributed by atoms with E-state index >= 15 is 0 Å². The third-order valence-corrected chi connectivity index (χ3v) is 3.13. The fraction of sp³-hybridized carbons (Fsp3) is 0.588. The Balaban J connectivity index is 1.93. The van der Waals surface area contributed by atoms with Gasteiger partial charge in [0.25, 0.3) is 0 Å². The zero-order valence-corrected chi connectivity index (χ0v) is 13.4. The zero-order valence-electron chi connectivity index (χ0n) is 13.4. The van der Waals surface area contributed by atoms with Crippen molar-refractivity contribution in [2.75, 3.05) is 32.2 Å². The number of carbonyl (C=O) groups is 1. The summed E-state index contributed by atoms with van der Waals surface area (Å²) < 4.78 is 15.9. The van der Waals surface area contributed by atoms with Gasteiger partial charge in [0, 0.05) is 6.42 Å². The van der Waals surface area contributed by atoms with Crippen LogP contribution in [0.1, 0.15) is 39.0 Å². The molecule has 22 heavy (non-hydrogen) atoms. The summed E-state index contributed by atoms with van der Waals surface area (Å²) in [7, 11) is 0. The molecule has 0 saturated carbocycles. The SMILES string of the molecule is CCCCCCC(=O)OCCOCCOc1ccccc1N. The lowest BCUT2D eigenvalue weighted by Crippen LogP contribution is -2.13. The molecule has 2 N–H and O–H groups in total. The molecule has 0 aliphatic heterocycles. The first-order valence-electron chi connectivity index (χ1n) is 7.94. The third kappa shape index (κ3) is 8.52. The molecule has 0 heterocycles. The number of rotatable bonds is 12. The molecule has 0 aliphatic carbocycles. The number of benzene rings is 1. The summed E-state index contributed by atoms with van der Waals surface area (Å²) in [6.45, 7) is 3.67. The van der Waals surface area contributed by atoms with E-state index in [9.17, 15) is 4.79 Å². The Kier molecular flexibility index (Phi) is 9.87. The Hall–Kier alpha value is -1.75. The van der Waals surface area contributed by atoms with E-state index in [4.69, 9.17) is 19.9 Å². The second kappa shape index (κ2) is 11.9. The van der Waals surface area contributed by atoms with E-state index in [0.717, 1.165) is 12.8 Å². The van der Waals surface area contributed by atoms with Crippen molar-refractivity contribution in [2.24, 2.45) is 0 Å². The van der Waals surface area contributed by atoms with E-state index in [1.54, 1.807) is 6.07 Å². The Morgan fingerprint density at radius 2 is 1.82 bits per heavy atom. The monoisotopic (exact) mass is 309 g/mol. The summed E-state index contributed by atoms with van der Waals surface area (Å²) in [6.07, 6.45) is 4.82. The number of hydrogen-bond acceptors (Lipinski definition) is 5. The minimum Gasteiger partial charge on any atom is -0.489 e. The topological polar surface area (TPSA) is 70.8 Å². The average molecular weight is 309 g/mol. The van der Waals surface area contributed by atoms with Gasteiger partial charge in [-0.2, -0.15) is 0 Å². The highest BCUT2D eigenvalue weighted by molar-refractivity contribution is 5.69. The van der Waals surface area contributed by atoms with Crippen molar-refractivity contribution in [1.29, 1.82) is 0 Å². The van der Waals surface area contributed by atoms with Gasteiger partial charge in [-0.25, -0.2) is 0 Å². The Morgan fingerprint density at radius 3 is 2.59 bits per heavy atom. The highest BCUT2D eigenvalue weighted by Crippen LogP contribution is 2.19. The van der Waals surface area contributed by atoms with Gasteiger partial charge in [-0.3, -0.25) is 4.79 Å². The second-order valence-electron chi connectivity index (χ2n) is 5.03. The second-order valence-corrected chi connectivity index (χ2v) is 5.03. The van der Waals surface area contributed by atoms with Gasteiger partial charge in [-0.15, -0.1) is 0 Å². The molecule has 0 radical (unpaired) electrons. The number of anilines is 1. The lowest BCUT2D eigenvalue weighted by molar-refractivity contribution is -0.145. The summed E-state index contributed by atoms with van der Waals surface area (Å²) in [4.78, 5) is 11.4. The van der Waals surface area contributed by atoms with Crippen LogP contribution in [0.3, 0.4) is 0 Å². The van der Waals surface area contributed by atoms with Gasteiger partial charge in [0.05, 0.1) is 18.9 Å². The van der Waals surface area contributed by atoms with Crippen LogP contribution in [-0.4, -0.2) is 32.4 Å². The van der Waals surface area contributed by atoms with Crippen molar-refractivity contribution in [1.82, 2.24) is 0 Å². The van der Waals surface area contributed by atoms with Crippen LogP contribution in [0.2, 0.25) is 0 Å². The largest absolute Gasteiger partial charge is 0.489 e. The van der Waals surface area contributed by atoms with E-state index in [2.05, 4.69) is 6.92 Å². The lowest BCUT2D eigenvalue weighted by Gasteiger charge is -2.09. The molecule has 1 rings (SSSR count). The molecule has 0 fully saturated rings. The average Bonchev–Trinajstić information content (AvgIpc) is 2.52. The maximum Gasteiger partial charge on any atom is 0.305 e. The van der Waals surface area contributed by atoms with Crippen LogP contribution in [0, 0.1) is 0 Å². The molecule has 0 unspecified atom stereocenters. The van der Waals surface area contributed by atoms with Crippen molar-refractivity contribution >= 4 is 11.7 Å². The molecule has 5 heteroatoms. The van der Waals surface area contributed by atoms with E-state index in [-0.39, 0.29) is 5.97 Å². The number of ether oxygens (including phenoxy) is 3. The number of hydrogen-bond donors (Lipinski definition) is 1. The maximum atomic E-state index is 11.4. The van der Waals surface area contributed by atoms with E-state index in [0.29, 0.717) is 44.3 Å². The smallest absolute Gasteiger partial charge is 0.305 e. The molecule has 0 amide bonds. The van der Waals surface area contributed by atoms with Crippen molar-refractivity contribution < 1.29 is 19.0 Å². The van der Waals surface area contributed by atoms with E-state index < -0.39 is 0 Å². The highest BCUT2D eigenvalue weighted by atomic mass is 16.6. The summed E-state index contributed by atoms with van der Waals surface area (Å²) in [5.74, 6) is 0.512. The Morgan fingerprint density at radius 1 is 1.05 bits per heavy atom. The first kappa shape index (κ1) is 18.3. The molecule has 1 aromatic carbocycles. The maximum absolute atomic E-state index is 11.4. The third-order valence-electron chi connectivity index (χ3n) is 3.13. The van der Waals surface area contributed by atoms with Crippen LogP contribution in [-0.2, 0) is 14.3 Å². The normalized spacial score (nSPS) is 10.4. The number of unbranched alkanes of at least 4 members (excludes halogenated alkanes) is 3. The van der Waals surface area contributed by atoms with Gasteiger partial charge < -0.3 is 19.9 Å². The molecule has 0 aliphatic rings. The number of nitrogen functional groups attached to an aromatic ring is 1. The van der Waals surface area contributed by atoms with Gasteiger partial charge in [0.2, 0.25) is 0 Å². The Bertz CT molecular complexity index is 423.